The van der Waals surface area contributed by atoms with Crippen LogP contribution in [0.1, 0.15) is 59.3 Å². The van der Waals surface area contributed by atoms with Gasteiger partial charge in [0, 0.05) is 0 Å². The Kier molecular flexibility index (Phi) is 9.13. The average Bonchev–Trinajstić information content (AvgIpc) is 2.21. The third kappa shape index (κ3) is 7.17. The van der Waals surface area contributed by atoms with Gasteiger partial charge in [0.15, 0.2) is 0 Å². The van der Waals surface area contributed by atoms with Crippen molar-refractivity contribution in [3.8, 4) is 0 Å². The molecule has 0 aromatic heterocycles. The van der Waals surface area contributed by atoms with E-state index >= 15 is 0 Å². The SMILES string of the molecule is C=CC(C)[CH]C(CCCC)CCCC. The Morgan fingerprint density at radius 2 is 1.57 bits per heavy atom. The Labute approximate surface area is 90.8 Å². The van der Waals surface area contributed by atoms with Gasteiger partial charge in [0.25, 0.3) is 0 Å². The summed E-state index contributed by atoms with van der Waals surface area (Å²) in [6, 6.07) is 0. The fourth-order valence-corrected chi connectivity index (χ4v) is 1.78. The van der Waals surface area contributed by atoms with Crippen molar-refractivity contribution in [1.29, 1.82) is 0 Å². The summed E-state index contributed by atoms with van der Waals surface area (Å²) in [5.74, 6) is 1.40. The molecule has 0 aliphatic rings. The third-order valence-corrected chi connectivity index (χ3v) is 2.80. The van der Waals surface area contributed by atoms with Gasteiger partial charge in [-0.2, -0.15) is 0 Å². The van der Waals surface area contributed by atoms with Crippen LogP contribution in [0.25, 0.3) is 0 Å². The van der Waals surface area contributed by atoms with Gasteiger partial charge < -0.3 is 0 Å². The van der Waals surface area contributed by atoms with Crippen molar-refractivity contribution in [3.63, 3.8) is 0 Å². The van der Waals surface area contributed by atoms with Gasteiger partial charge in [0.1, 0.15) is 0 Å². The van der Waals surface area contributed by atoms with Crippen LogP contribution in [0.2, 0.25) is 0 Å². The van der Waals surface area contributed by atoms with E-state index in [0.29, 0.717) is 5.92 Å². The van der Waals surface area contributed by atoms with E-state index in [9.17, 15) is 0 Å². The van der Waals surface area contributed by atoms with Crippen LogP contribution in [-0.4, -0.2) is 0 Å². The molecule has 0 saturated heterocycles. The molecular weight excluding hydrogens is 168 g/mol. The molecule has 0 saturated carbocycles. The molecule has 1 unspecified atom stereocenters. The highest BCUT2D eigenvalue weighted by molar-refractivity contribution is 4.90. The summed E-state index contributed by atoms with van der Waals surface area (Å²) in [5.41, 5.74) is 0. The molecule has 0 bridgehead atoms. The Morgan fingerprint density at radius 3 is 1.93 bits per heavy atom. The van der Waals surface area contributed by atoms with Crippen LogP contribution < -0.4 is 0 Å². The number of hydrogen-bond donors (Lipinski definition) is 0. The van der Waals surface area contributed by atoms with Crippen molar-refractivity contribution in [2.45, 2.75) is 59.3 Å². The molecular formula is C14H27. The van der Waals surface area contributed by atoms with Crippen LogP contribution >= 0.6 is 0 Å². The van der Waals surface area contributed by atoms with Crippen molar-refractivity contribution in [2.75, 3.05) is 0 Å². The fourth-order valence-electron chi connectivity index (χ4n) is 1.78. The van der Waals surface area contributed by atoms with Crippen LogP contribution in [0, 0.1) is 18.3 Å². The van der Waals surface area contributed by atoms with E-state index in [1.165, 1.54) is 38.5 Å². The zero-order valence-corrected chi connectivity index (χ0v) is 10.3. The van der Waals surface area contributed by atoms with Crippen molar-refractivity contribution >= 4 is 0 Å². The van der Waals surface area contributed by atoms with Crippen molar-refractivity contribution in [3.05, 3.63) is 19.1 Å². The smallest absolute Gasteiger partial charge is 0.0231 e. The minimum Gasteiger partial charge on any atom is -0.103 e. The van der Waals surface area contributed by atoms with Gasteiger partial charge in [0.2, 0.25) is 0 Å². The molecule has 0 aliphatic carbocycles. The molecule has 0 heterocycles. The monoisotopic (exact) mass is 195 g/mol. The third-order valence-electron chi connectivity index (χ3n) is 2.80. The fraction of sp³-hybridized carbons (Fsp3) is 0.786. The largest absolute Gasteiger partial charge is 0.103 e. The van der Waals surface area contributed by atoms with Gasteiger partial charge in [-0.05, 0) is 18.3 Å². The molecule has 0 spiro atoms. The lowest BCUT2D eigenvalue weighted by molar-refractivity contribution is 0.445. The molecule has 0 amide bonds. The molecule has 0 N–H and O–H groups in total. The summed E-state index contributed by atoms with van der Waals surface area (Å²) < 4.78 is 0. The van der Waals surface area contributed by atoms with E-state index in [-0.39, 0.29) is 0 Å². The van der Waals surface area contributed by atoms with Crippen LogP contribution in [-0.2, 0) is 0 Å². The Morgan fingerprint density at radius 1 is 1.07 bits per heavy atom. The topological polar surface area (TPSA) is 0 Å². The van der Waals surface area contributed by atoms with Crippen molar-refractivity contribution in [1.82, 2.24) is 0 Å². The minimum absolute atomic E-state index is 0.578. The first kappa shape index (κ1) is 13.7. The predicted octanol–water partition coefficient (Wildman–Crippen LogP) is 5.01. The first-order valence-corrected chi connectivity index (χ1v) is 6.22. The second-order valence-electron chi connectivity index (χ2n) is 4.33. The molecule has 0 heteroatoms. The zero-order chi connectivity index (χ0) is 10.8. The zero-order valence-electron chi connectivity index (χ0n) is 10.3. The van der Waals surface area contributed by atoms with E-state index in [1.54, 1.807) is 0 Å². The number of unbranched alkanes of at least 4 members (excludes halogenated alkanes) is 2. The molecule has 0 fully saturated rings. The van der Waals surface area contributed by atoms with Gasteiger partial charge in [-0.3, -0.25) is 0 Å². The molecule has 1 radical (unpaired) electrons. The highest BCUT2D eigenvalue weighted by Gasteiger charge is 2.10. The van der Waals surface area contributed by atoms with E-state index in [4.69, 9.17) is 0 Å². The van der Waals surface area contributed by atoms with Gasteiger partial charge >= 0.3 is 0 Å². The van der Waals surface area contributed by atoms with Gasteiger partial charge in [-0.15, -0.1) is 6.58 Å². The predicted molar refractivity (Wildman–Crippen MR) is 66.2 cm³/mol. The summed E-state index contributed by atoms with van der Waals surface area (Å²) in [6.45, 7) is 10.6. The summed E-state index contributed by atoms with van der Waals surface area (Å²) in [6.07, 6.45) is 12.6. The molecule has 1 atom stereocenters. The van der Waals surface area contributed by atoms with Gasteiger partial charge in [-0.1, -0.05) is 65.4 Å². The maximum Gasteiger partial charge on any atom is -0.0231 e. The molecule has 14 heavy (non-hydrogen) atoms. The van der Waals surface area contributed by atoms with Crippen LogP contribution in [0.3, 0.4) is 0 Å². The van der Waals surface area contributed by atoms with Crippen LogP contribution in [0.5, 0.6) is 0 Å². The highest BCUT2D eigenvalue weighted by atomic mass is 14.2. The Hall–Kier alpha value is -0.260. The molecule has 0 rings (SSSR count). The van der Waals surface area contributed by atoms with Crippen molar-refractivity contribution in [2.24, 2.45) is 11.8 Å². The summed E-state index contributed by atoms with van der Waals surface area (Å²) in [4.78, 5) is 0. The summed E-state index contributed by atoms with van der Waals surface area (Å²) in [5, 5.41) is 0. The first-order valence-electron chi connectivity index (χ1n) is 6.22. The quantitative estimate of drug-likeness (QED) is 0.454. The minimum atomic E-state index is 0.578. The van der Waals surface area contributed by atoms with Gasteiger partial charge in [-0.25, -0.2) is 0 Å². The van der Waals surface area contributed by atoms with Gasteiger partial charge in [0.05, 0.1) is 0 Å². The lowest BCUT2D eigenvalue weighted by Crippen LogP contribution is -2.06. The first-order chi connectivity index (χ1) is 6.74. The van der Waals surface area contributed by atoms with Crippen LogP contribution in [0.4, 0.5) is 0 Å². The number of rotatable bonds is 9. The molecule has 0 nitrogen and oxygen atoms in total. The molecule has 0 aromatic carbocycles. The lowest BCUT2D eigenvalue weighted by atomic mass is 9.88. The summed E-state index contributed by atoms with van der Waals surface area (Å²) in [7, 11) is 0. The van der Waals surface area contributed by atoms with Crippen LogP contribution in [0.15, 0.2) is 12.7 Å². The lowest BCUT2D eigenvalue weighted by Gasteiger charge is -2.18. The van der Waals surface area contributed by atoms with E-state index in [2.05, 4.69) is 33.8 Å². The Balaban J connectivity index is 3.76. The number of allylic oxidation sites excluding steroid dienone is 1. The normalized spacial score (nSPS) is 13.1. The number of hydrogen-bond acceptors (Lipinski definition) is 0. The maximum absolute atomic E-state index is 3.84. The maximum atomic E-state index is 3.84. The Bertz CT molecular complexity index is 118. The van der Waals surface area contributed by atoms with E-state index < -0.39 is 0 Å². The molecule has 83 valence electrons. The second kappa shape index (κ2) is 9.30. The summed E-state index contributed by atoms with van der Waals surface area (Å²) >= 11 is 0. The highest BCUT2D eigenvalue weighted by Crippen LogP contribution is 2.23. The molecule has 0 aliphatic heterocycles. The molecule has 0 aromatic rings. The van der Waals surface area contributed by atoms with E-state index in [1.807, 2.05) is 6.08 Å². The average molecular weight is 195 g/mol. The van der Waals surface area contributed by atoms with Crippen molar-refractivity contribution < 1.29 is 0 Å². The van der Waals surface area contributed by atoms with E-state index in [0.717, 1.165) is 5.92 Å². The standard InChI is InChI=1S/C14H27/c1-5-8-10-14(11-9-6-2)12-13(4)7-3/h7,12-14H,3,5-6,8-11H2,1-2,4H3. The second-order valence-corrected chi connectivity index (χ2v) is 4.33.